The minimum atomic E-state index is -0.874. The van der Waals surface area contributed by atoms with Gasteiger partial charge in [-0.25, -0.2) is 0 Å². The molecule has 4 rings (SSSR count). The molecule has 25 heavy (non-hydrogen) atoms. The number of fused-ring (bicyclic) bond motifs is 2. The van der Waals surface area contributed by atoms with E-state index in [4.69, 9.17) is 0 Å². The number of rotatable bonds is 3. The van der Waals surface area contributed by atoms with Crippen LogP contribution in [0.25, 0.3) is 0 Å². The first-order valence-corrected chi connectivity index (χ1v) is 8.46. The maximum atomic E-state index is 12.6. The van der Waals surface area contributed by atoms with E-state index in [9.17, 15) is 14.4 Å². The van der Waals surface area contributed by atoms with Crippen molar-refractivity contribution in [2.24, 2.45) is 0 Å². The van der Waals surface area contributed by atoms with Crippen molar-refractivity contribution in [3.63, 3.8) is 0 Å². The van der Waals surface area contributed by atoms with Gasteiger partial charge in [-0.3, -0.25) is 19.3 Å². The monoisotopic (exact) mass is 334 g/mol. The molecule has 3 amide bonds. The van der Waals surface area contributed by atoms with Gasteiger partial charge in [-0.1, -0.05) is 18.2 Å². The minimum Gasteiger partial charge on any atom is -0.324 e. The second-order valence-corrected chi connectivity index (χ2v) is 6.53. The van der Waals surface area contributed by atoms with Crippen LogP contribution in [0.15, 0.2) is 42.5 Å². The molecule has 1 aliphatic carbocycles. The summed E-state index contributed by atoms with van der Waals surface area (Å²) in [4.78, 5) is 38.6. The van der Waals surface area contributed by atoms with Gasteiger partial charge in [0.25, 0.3) is 11.8 Å². The molecule has 126 valence electrons. The summed E-state index contributed by atoms with van der Waals surface area (Å²) < 4.78 is 0. The van der Waals surface area contributed by atoms with Crippen molar-refractivity contribution in [1.82, 2.24) is 4.90 Å². The Balaban J connectivity index is 1.53. The molecule has 5 heteroatoms. The Hall–Kier alpha value is -2.95. The Kier molecular flexibility index (Phi) is 3.64. The van der Waals surface area contributed by atoms with Crippen LogP contribution in [0.4, 0.5) is 5.69 Å². The number of aryl methyl sites for hydroxylation is 2. The molecule has 1 atom stereocenters. The number of carbonyl (C=O) groups is 3. The molecule has 0 bridgehead atoms. The predicted molar refractivity (Wildman–Crippen MR) is 93.5 cm³/mol. The highest BCUT2D eigenvalue weighted by Gasteiger charge is 2.40. The topological polar surface area (TPSA) is 66.5 Å². The summed E-state index contributed by atoms with van der Waals surface area (Å²) in [7, 11) is 0. The van der Waals surface area contributed by atoms with Crippen LogP contribution >= 0.6 is 0 Å². The summed E-state index contributed by atoms with van der Waals surface area (Å²) in [5.41, 5.74) is 3.99. The first-order valence-electron chi connectivity index (χ1n) is 8.46. The summed E-state index contributed by atoms with van der Waals surface area (Å²) in [6.07, 6.45) is 3.24. The van der Waals surface area contributed by atoms with Gasteiger partial charge in [0, 0.05) is 5.69 Å². The lowest BCUT2D eigenvalue weighted by Gasteiger charge is -2.21. The fourth-order valence-electron chi connectivity index (χ4n) is 3.57. The average Bonchev–Trinajstić information content (AvgIpc) is 3.18. The number of carbonyl (C=O) groups excluding carboxylic acids is 3. The lowest BCUT2D eigenvalue weighted by atomic mass is 10.1. The standard InChI is InChI=1S/C20H18N2O3/c1-12(22-19(24)16-7-2-3-8-17(16)20(22)25)18(23)21-15-10-9-13-5-4-6-14(13)11-15/h2-3,7-12H,4-6H2,1H3,(H,21,23). The number of hydrogen-bond donors (Lipinski definition) is 1. The third-order valence-electron chi connectivity index (χ3n) is 4.96. The van der Waals surface area contributed by atoms with E-state index in [2.05, 4.69) is 5.32 Å². The molecular weight excluding hydrogens is 316 g/mol. The van der Waals surface area contributed by atoms with E-state index in [0.717, 1.165) is 24.2 Å². The van der Waals surface area contributed by atoms with Gasteiger partial charge in [0.1, 0.15) is 6.04 Å². The van der Waals surface area contributed by atoms with Gasteiger partial charge in [-0.15, -0.1) is 0 Å². The van der Waals surface area contributed by atoms with Gasteiger partial charge in [-0.05, 0) is 61.6 Å². The van der Waals surface area contributed by atoms with Crippen LogP contribution < -0.4 is 5.32 Å². The molecule has 5 nitrogen and oxygen atoms in total. The number of nitrogens with one attached hydrogen (secondary N) is 1. The quantitative estimate of drug-likeness (QED) is 0.878. The fraction of sp³-hybridized carbons (Fsp3) is 0.250. The van der Waals surface area contributed by atoms with Crippen LogP contribution in [0, 0.1) is 0 Å². The summed E-state index contributed by atoms with van der Waals surface area (Å²) in [6, 6.07) is 11.7. The zero-order chi connectivity index (χ0) is 17.6. The van der Waals surface area contributed by atoms with Crippen LogP contribution in [0.3, 0.4) is 0 Å². The van der Waals surface area contributed by atoms with Crippen molar-refractivity contribution in [3.8, 4) is 0 Å². The molecule has 1 aliphatic heterocycles. The number of amides is 3. The second kappa shape index (κ2) is 5.84. The lowest BCUT2D eigenvalue weighted by Crippen LogP contribution is -2.45. The number of nitrogens with zero attached hydrogens (tertiary/aromatic N) is 1. The van der Waals surface area contributed by atoms with E-state index < -0.39 is 17.9 Å². The highest BCUT2D eigenvalue weighted by molar-refractivity contribution is 6.23. The summed E-state index contributed by atoms with van der Waals surface area (Å²) in [6.45, 7) is 1.57. The molecule has 2 aromatic rings. The molecule has 0 saturated heterocycles. The van der Waals surface area contributed by atoms with E-state index in [1.807, 2.05) is 18.2 Å². The van der Waals surface area contributed by atoms with E-state index in [1.165, 1.54) is 11.1 Å². The van der Waals surface area contributed by atoms with Crippen LogP contribution in [-0.2, 0) is 17.6 Å². The van der Waals surface area contributed by atoms with E-state index >= 15 is 0 Å². The van der Waals surface area contributed by atoms with Crippen molar-refractivity contribution in [2.75, 3.05) is 5.32 Å². The van der Waals surface area contributed by atoms with Gasteiger partial charge in [0.2, 0.25) is 5.91 Å². The molecule has 0 aromatic heterocycles. The third-order valence-corrected chi connectivity index (χ3v) is 4.96. The van der Waals surface area contributed by atoms with Crippen molar-refractivity contribution in [2.45, 2.75) is 32.2 Å². The average molecular weight is 334 g/mol. The highest BCUT2D eigenvalue weighted by Crippen LogP contribution is 2.27. The molecule has 0 radical (unpaired) electrons. The molecule has 2 aliphatic rings. The van der Waals surface area contributed by atoms with Crippen molar-refractivity contribution in [1.29, 1.82) is 0 Å². The van der Waals surface area contributed by atoms with Crippen LogP contribution in [0.1, 0.15) is 45.2 Å². The van der Waals surface area contributed by atoms with Gasteiger partial charge in [0.05, 0.1) is 11.1 Å². The van der Waals surface area contributed by atoms with E-state index in [-0.39, 0.29) is 5.91 Å². The summed E-state index contributed by atoms with van der Waals surface area (Å²) in [5.74, 6) is -1.21. The minimum absolute atomic E-state index is 0.352. The number of benzene rings is 2. The zero-order valence-corrected chi connectivity index (χ0v) is 13.9. The van der Waals surface area contributed by atoms with Crippen molar-refractivity contribution >= 4 is 23.4 Å². The zero-order valence-electron chi connectivity index (χ0n) is 13.9. The SMILES string of the molecule is CC(C(=O)Nc1ccc2c(c1)CCC2)N1C(=O)c2ccccc2C1=O. The first-order chi connectivity index (χ1) is 12.1. The van der Waals surface area contributed by atoms with E-state index in [0.29, 0.717) is 16.8 Å². The molecule has 1 heterocycles. The Morgan fingerprint density at radius 3 is 2.32 bits per heavy atom. The summed E-state index contributed by atoms with van der Waals surface area (Å²) in [5, 5.41) is 2.83. The second-order valence-electron chi connectivity index (χ2n) is 6.53. The van der Waals surface area contributed by atoms with Crippen LogP contribution in [0.5, 0.6) is 0 Å². The maximum absolute atomic E-state index is 12.6. The van der Waals surface area contributed by atoms with Gasteiger partial charge in [0.15, 0.2) is 0 Å². The molecule has 0 spiro atoms. The Morgan fingerprint density at radius 1 is 1.00 bits per heavy atom. The predicted octanol–water partition coefficient (Wildman–Crippen LogP) is 2.80. The molecule has 0 fully saturated rings. The fourth-order valence-corrected chi connectivity index (χ4v) is 3.57. The van der Waals surface area contributed by atoms with Crippen LogP contribution in [0.2, 0.25) is 0 Å². The number of hydrogen-bond acceptors (Lipinski definition) is 3. The normalized spacial score (nSPS) is 16.6. The Bertz CT molecular complexity index is 869. The summed E-state index contributed by atoms with van der Waals surface area (Å²) >= 11 is 0. The Labute approximate surface area is 145 Å². The molecule has 0 saturated carbocycles. The molecule has 2 aromatic carbocycles. The maximum Gasteiger partial charge on any atom is 0.262 e. The van der Waals surface area contributed by atoms with Crippen molar-refractivity contribution < 1.29 is 14.4 Å². The highest BCUT2D eigenvalue weighted by atomic mass is 16.2. The largest absolute Gasteiger partial charge is 0.324 e. The first kappa shape index (κ1) is 15.6. The molecule has 1 N–H and O–H groups in total. The lowest BCUT2D eigenvalue weighted by molar-refractivity contribution is -0.119. The van der Waals surface area contributed by atoms with Crippen LogP contribution in [-0.4, -0.2) is 28.7 Å². The van der Waals surface area contributed by atoms with Gasteiger partial charge < -0.3 is 5.32 Å². The number of anilines is 1. The van der Waals surface area contributed by atoms with E-state index in [1.54, 1.807) is 31.2 Å². The van der Waals surface area contributed by atoms with Gasteiger partial charge in [-0.2, -0.15) is 0 Å². The van der Waals surface area contributed by atoms with Gasteiger partial charge >= 0.3 is 0 Å². The number of imide groups is 1. The van der Waals surface area contributed by atoms with Crippen molar-refractivity contribution in [3.05, 3.63) is 64.7 Å². The molecular formula is C20H18N2O3. The third kappa shape index (κ3) is 2.52. The molecule has 1 unspecified atom stereocenters. The Morgan fingerprint density at radius 2 is 1.64 bits per heavy atom. The smallest absolute Gasteiger partial charge is 0.262 e.